The molecular formula is C16H20N2O4S. The fraction of sp³-hybridized carbons (Fsp3) is 0.500. The molecule has 1 unspecified atom stereocenters. The van der Waals surface area contributed by atoms with Crippen molar-refractivity contribution in [1.82, 2.24) is 9.55 Å². The lowest BCUT2D eigenvalue weighted by Gasteiger charge is -2.24. The number of hydrogen-bond donors (Lipinski definition) is 0. The van der Waals surface area contributed by atoms with E-state index in [1.165, 1.54) is 12.5 Å². The third kappa shape index (κ3) is 2.97. The highest BCUT2D eigenvalue weighted by Crippen LogP contribution is 2.36. The molecule has 2 aromatic heterocycles. The number of nitrogens with zero attached hydrogens (tertiary/aromatic N) is 2. The van der Waals surface area contributed by atoms with Crippen LogP contribution in [0.5, 0.6) is 0 Å². The molecule has 3 rings (SSSR count). The highest BCUT2D eigenvalue weighted by atomic mass is 32.2. The van der Waals surface area contributed by atoms with Gasteiger partial charge in [-0.25, -0.2) is 13.4 Å². The molecule has 0 saturated heterocycles. The second kappa shape index (κ2) is 5.96. The van der Waals surface area contributed by atoms with Gasteiger partial charge in [0.2, 0.25) is 0 Å². The van der Waals surface area contributed by atoms with Crippen LogP contribution in [-0.4, -0.2) is 36.8 Å². The van der Waals surface area contributed by atoms with E-state index in [9.17, 15) is 13.2 Å². The average molecular weight is 336 g/mol. The fourth-order valence-electron chi connectivity index (χ4n) is 3.34. The first kappa shape index (κ1) is 16.0. The van der Waals surface area contributed by atoms with Gasteiger partial charge in [-0.2, -0.15) is 0 Å². The minimum absolute atomic E-state index is 0.0580. The largest absolute Gasteiger partial charge is 0.466 e. The monoisotopic (exact) mass is 336 g/mol. The molecule has 3 heterocycles. The molecule has 0 saturated carbocycles. The first-order valence-corrected chi connectivity index (χ1v) is 9.64. The van der Waals surface area contributed by atoms with Crippen LogP contribution in [-0.2, 0) is 25.9 Å². The summed E-state index contributed by atoms with van der Waals surface area (Å²) < 4.78 is 31.1. The molecule has 7 heteroatoms. The fourth-order valence-corrected chi connectivity index (χ4v) is 4.15. The van der Waals surface area contributed by atoms with E-state index in [1.807, 2.05) is 12.1 Å². The molecule has 23 heavy (non-hydrogen) atoms. The quantitative estimate of drug-likeness (QED) is 0.800. The summed E-state index contributed by atoms with van der Waals surface area (Å²) in [6, 6.07) is 3.71. The molecule has 6 nitrogen and oxygen atoms in total. The van der Waals surface area contributed by atoms with Gasteiger partial charge in [0.25, 0.3) is 0 Å². The molecule has 124 valence electrons. The molecule has 0 amide bonds. The van der Waals surface area contributed by atoms with Crippen molar-refractivity contribution in [1.29, 1.82) is 0 Å². The number of aromatic nitrogens is 2. The van der Waals surface area contributed by atoms with Gasteiger partial charge in [0.05, 0.1) is 18.5 Å². The summed E-state index contributed by atoms with van der Waals surface area (Å²) in [7, 11) is -3.39. The van der Waals surface area contributed by atoms with Gasteiger partial charge in [-0.05, 0) is 31.9 Å². The van der Waals surface area contributed by atoms with Crippen molar-refractivity contribution in [3.05, 3.63) is 24.0 Å². The number of carbonyl (C=O) groups excluding carboxylic acids is 1. The van der Waals surface area contributed by atoms with Crippen LogP contribution in [0.1, 0.15) is 37.8 Å². The summed E-state index contributed by atoms with van der Waals surface area (Å²) >= 11 is 0. The van der Waals surface area contributed by atoms with Gasteiger partial charge < -0.3 is 9.30 Å². The zero-order valence-electron chi connectivity index (χ0n) is 13.3. The Balaban J connectivity index is 2.09. The van der Waals surface area contributed by atoms with Gasteiger partial charge in [0.15, 0.2) is 14.9 Å². The molecule has 0 bridgehead atoms. The summed E-state index contributed by atoms with van der Waals surface area (Å²) in [4.78, 5) is 15.9. The van der Waals surface area contributed by atoms with Crippen molar-refractivity contribution in [3.8, 4) is 0 Å². The minimum atomic E-state index is -3.39. The Kier molecular flexibility index (Phi) is 4.14. The summed E-state index contributed by atoms with van der Waals surface area (Å²) in [5.74, 6) is -0.153. The van der Waals surface area contributed by atoms with Crippen LogP contribution < -0.4 is 0 Å². The second-order valence-electron chi connectivity index (χ2n) is 5.89. The standard InChI is InChI=1S/C16H20N2O4S/c1-3-22-15(19)9-11-5-4-8-18-13-6-7-17-16(23(2,20)21)12(13)10-14(11)18/h6-7,10-11H,3-5,8-9H2,1-2H3. The molecule has 1 aliphatic rings. The molecule has 0 N–H and O–H groups in total. The molecule has 0 fully saturated rings. The molecule has 0 radical (unpaired) electrons. The van der Waals surface area contributed by atoms with Crippen LogP contribution in [0, 0.1) is 0 Å². The van der Waals surface area contributed by atoms with Crippen LogP contribution in [0.4, 0.5) is 0 Å². The average Bonchev–Trinajstić information content (AvgIpc) is 2.86. The predicted molar refractivity (Wildman–Crippen MR) is 86.1 cm³/mol. The van der Waals surface area contributed by atoms with Gasteiger partial charge >= 0.3 is 5.97 Å². The van der Waals surface area contributed by atoms with E-state index >= 15 is 0 Å². The van der Waals surface area contributed by atoms with Gasteiger partial charge in [-0.3, -0.25) is 4.79 Å². The number of esters is 1. The Morgan fingerprint density at radius 3 is 2.96 bits per heavy atom. The van der Waals surface area contributed by atoms with E-state index in [-0.39, 0.29) is 16.9 Å². The van der Waals surface area contributed by atoms with E-state index in [4.69, 9.17) is 4.74 Å². The van der Waals surface area contributed by atoms with Crippen molar-refractivity contribution in [2.45, 2.75) is 43.7 Å². The smallest absolute Gasteiger partial charge is 0.306 e. The van der Waals surface area contributed by atoms with E-state index in [0.29, 0.717) is 18.4 Å². The van der Waals surface area contributed by atoms with Gasteiger partial charge in [-0.15, -0.1) is 0 Å². The van der Waals surface area contributed by atoms with Gasteiger partial charge in [0, 0.05) is 36.0 Å². The molecule has 1 aliphatic heterocycles. The van der Waals surface area contributed by atoms with Crippen molar-refractivity contribution >= 4 is 26.7 Å². The summed E-state index contributed by atoms with van der Waals surface area (Å²) in [5, 5.41) is 0.743. The van der Waals surface area contributed by atoms with E-state index in [0.717, 1.165) is 30.6 Å². The molecule has 0 aliphatic carbocycles. The Bertz CT molecular complexity index is 854. The number of sulfone groups is 1. The zero-order chi connectivity index (χ0) is 16.6. The van der Waals surface area contributed by atoms with Crippen molar-refractivity contribution < 1.29 is 17.9 Å². The lowest BCUT2D eigenvalue weighted by Crippen LogP contribution is -2.18. The van der Waals surface area contributed by atoms with Crippen molar-refractivity contribution in [3.63, 3.8) is 0 Å². The lowest BCUT2D eigenvalue weighted by molar-refractivity contribution is -0.143. The van der Waals surface area contributed by atoms with Crippen molar-refractivity contribution in [2.75, 3.05) is 12.9 Å². The summed E-state index contributed by atoms with van der Waals surface area (Å²) in [6.07, 6.45) is 4.88. The predicted octanol–water partition coefficient (Wildman–Crippen LogP) is 2.27. The van der Waals surface area contributed by atoms with Crippen LogP contribution >= 0.6 is 0 Å². The Labute approximate surface area is 135 Å². The van der Waals surface area contributed by atoms with E-state index in [1.54, 1.807) is 6.92 Å². The summed E-state index contributed by atoms with van der Waals surface area (Å²) in [6.45, 7) is 2.99. The maximum atomic E-state index is 12.0. The first-order valence-electron chi connectivity index (χ1n) is 7.75. The van der Waals surface area contributed by atoms with E-state index < -0.39 is 9.84 Å². The molecule has 1 atom stereocenters. The van der Waals surface area contributed by atoms with Crippen LogP contribution in [0.3, 0.4) is 0 Å². The molecule has 2 aromatic rings. The van der Waals surface area contributed by atoms with Crippen LogP contribution in [0.25, 0.3) is 10.9 Å². The third-order valence-corrected chi connectivity index (χ3v) is 5.28. The summed E-state index contributed by atoms with van der Waals surface area (Å²) in [5.41, 5.74) is 1.86. The number of rotatable bonds is 4. The van der Waals surface area contributed by atoms with Crippen LogP contribution in [0.15, 0.2) is 23.4 Å². The number of ether oxygens (including phenoxy) is 1. The van der Waals surface area contributed by atoms with Crippen LogP contribution in [0.2, 0.25) is 0 Å². The van der Waals surface area contributed by atoms with E-state index in [2.05, 4.69) is 9.55 Å². The zero-order valence-corrected chi connectivity index (χ0v) is 14.1. The number of carbonyl (C=O) groups is 1. The highest BCUT2D eigenvalue weighted by molar-refractivity contribution is 7.90. The maximum Gasteiger partial charge on any atom is 0.306 e. The minimum Gasteiger partial charge on any atom is -0.466 e. The normalized spacial score (nSPS) is 17.9. The number of hydrogen-bond acceptors (Lipinski definition) is 5. The topological polar surface area (TPSA) is 78.3 Å². The second-order valence-corrected chi connectivity index (χ2v) is 7.82. The number of fused-ring (bicyclic) bond motifs is 3. The third-order valence-electron chi connectivity index (χ3n) is 4.25. The lowest BCUT2D eigenvalue weighted by atomic mass is 9.93. The number of aryl methyl sites for hydroxylation is 1. The Morgan fingerprint density at radius 1 is 1.48 bits per heavy atom. The SMILES string of the molecule is CCOC(=O)CC1CCCn2c1cc1c(S(C)(=O)=O)nccc12. The first-order chi connectivity index (χ1) is 10.9. The molecular weight excluding hydrogens is 316 g/mol. The van der Waals surface area contributed by atoms with Gasteiger partial charge in [-0.1, -0.05) is 0 Å². The van der Waals surface area contributed by atoms with Gasteiger partial charge in [0.1, 0.15) is 0 Å². The Hall–Kier alpha value is -1.89. The molecule has 0 spiro atoms. The molecule has 0 aromatic carbocycles. The van der Waals surface area contributed by atoms with Crippen molar-refractivity contribution in [2.24, 2.45) is 0 Å². The maximum absolute atomic E-state index is 12.0. The highest BCUT2D eigenvalue weighted by Gasteiger charge is 2.27. The Morgan fingerprint density at radius 2 is 2.26 bits per heavy atom. The number of pyridine rings is 1.